The number of ether oxygens (including phenoxy) is 2. The number of carbonyl (C=O) groups is 1. The van der Waals surface area contributed by atoms with Gasteiger partial charge < -0.3 is 14.6 Å². The van der Waals surface area contributed by atoms with E-state index in [4.69, 9.17) is 9.47 Å². The molecular formula is C31H40N2O4. The summed E-state index contributed by atoms with van der Waals surface area (Å²) in [5.41, 5.74) is 5.17. The Hall–Kier alpha value is -2.83. The number of benzene rings is 2. The highest BCUT2D eigenvalue weighted by Crippen LogP contribution is 2.54. The Morgan fingerprint density at radius 1 is 1.11 bits per heavy atom. The summed E-state index contributed by atoms with van der Waals surface area (Å²) < 4.78 is 13.2. The van der Waals surface area contributed by atoms with E-state index < -0.39 is 5.60 Å². The Bertz CT molecular complexity index is 1300. The summed E-state index contributed by atoms with van der Waals surface area (Å²) in [6.07, 6.45) is 5.22. The monoisotopic (exact) mass is 504 g/mol. The van der Waals surface area contributed by atoms with Gasteiger partial charge in [0.2, 0.25) is 0 Å². The van der Waals surface area contributed by atoms with Crippen LogP contribution >= 0.6 is 0 Å². The highest BCUT2D eigenvalue weighted by atomic mass is 16.6. The smallest absolute Gasteiger partial charge is 0.419 e. The molecule has 1 saturated carbocycles. The van der Waals surface area contributed by atoms with Crippen LogP contribution in [0.15, 0.2) is 42.6 Å². The van der Waals surface area contributed by atoms with E-state index in [-0.39, 0.29) is 23.7 Å². The fourth-order valence-electron chi connectivity index (χ4n) is 6.37. The molecule has 1 aromatic heterocycles. The molecule has 198 valence electrons. The molecule has 2 aliphatic rings. The van der Waals surface area contributed by atoms with Gasteiger partial charge in [-0.05, 0) is 95.5 Å². The molecule has 1 spiro atoms. The summed E-state index contributed by atoms with van der Waals surface area (Å²) in [6, 6.07) is 13.2. The predicted molar refractivity (Wildman–Crippen MR) is 146 cm³/mol. The molecule has 0 bridgehead atoms. The second-order valence-corrected chi connectivity index (χ2v) is 12.2. The molecule has 0 radical (unpaired) electrons. The second-order valence-electron chi connectivity index (χ2n) is 12.2. The molecule has 2 fully saturated rings. The van der Waals surface area contributed by atoms with Crippen LogP contribution in [0.3, 0.4) is 0 Å². The number of rotatable bonds is 4. The van der Waals surface area contributed by atoms with Crippen molar-refractivity contribution in [3.8, 4) is 5.75 Å². The number of aliphatic hydroxyl groups is 1. The van der Waals surface area contributed by atoms with Gasteiger partial charge in [-0.15, -0.1) is 0 Å². The number of aryl methyl sites for hydroxylation is 2. The van der Waals surface area contributed by atoms with Gasteiger partial charge in [-0.2, -0.15) is 0 Å². The minimum atomic E-state index is -0.572. The third-order valence-electron chi connectivity index (χ3n) is 8.20. The molecule has 6 heteroatoms. The molecule has 0 amide bonds. The van der Waals surface area contributed by atoms with Gasteiger partial charge in [0.1, 0.15) is 11.4 Å². The fourth-order valence-corrected chi connectivity index (χ4v) is 6.37. The maximum Gasteiger partial charge on any atom is 0.419 e. The summed E-state index contributed by atoms with van der Waals surface area (Å²) in [7, 11) is 1.72. The van der Waals surface area contributed by atoms with Crippen molar-refractivity contribution in [2.24, 2.45) is 5.41 Å². The number of aliphatic hydroxyl groups excluding tert-OH is 1. The number of hydrogen-bond donors (Lipinski definition) is 1. The van der Waals surface area contributed by atoms with E-state index >= 15 is 0 Å². The SMILES string of the molecule is COc1cc(C)c2c(ccn2C(=O)OC(C)(C)C)c1CN1CCC2(CC(O)C2)CC1c1ccc(C)cc1. The Labute approximate surface area is 220 Å². The van der Waals surface area contributed by atoms with E-state index in [1.807, 2.05) is 46.0 Å². The predicted octanol–water partition coefficient (Wildman–Crippen LogP) is 6.53. The van der Waals surface area contributed by atoms with Gasteiger partial charge in [-0.25, -0.2) is 4.79 Å². The highest BCUT2D eigenvalue weighted by molar-refractivity contribution is 5.95. The van der Waals surface area contributed by atoms with Crippen molar-refractivity contribution < 1.29 is 19.4 Å². The lowest BCUT2D eigenvalue weighted by atomic mass is 9.59. The van der Waals surface area contributed by atoms with E-state index in [1.54, 1.807) is 11.7 Å². The lowest BCUT2D eigenvalue weighted by Crippen LogP contribution is -2.50. The fraction of sp³-hybridized carbons (Fsp3) is 0.516. The minimum absolute atomic E-state index is 0.158. The number of fused-ring (bicyclic) bond motifs is 1. The van der Waals surface area contributed by atoms with Gasteiger partial charge >= 0.3 is 6.09 Å². The van der Waals surface area contributed by atoms with Crippen molar-refractivity contribution >= 4 is 17.0 Å². The van der Waals surface area contributed by atoms with Crippen LogP contribution in [0.2, 0.25) is 0 Å². The maximum absolute atomic E-state index is 13.0. The zero-order valence-electron chi connectivity index (χ0n) is 23.0. The first-order valence-electron chi connectivity index (χ1n) is 13.4. The van der Waals surface area contributed by atoms with Crippen LogP contribution in [-0.2, 0) is 11.3 Å². The average molecular weight is 505 g/mol. The minimum Gasteiger partial charge on any atom is -0.496 e. The van der Waals surface area contributed by atoms with Crippen molar-refractivity contribution in [2.75, 3.05) is 13.7 Å². The largest absolute Gasteiger partial charge is 0.496 e. The molecule has 6 nitrogen and oxygen atoms in total. The molecule has 2 heterocycles. The van der Waals surface area contributed by atoms with E-state index in [9.17, 15) is 9.90 Å². The first-order chi connectivity index (χ1) is 17.5. The summed E-state index contributed by atoms with van der Waals surface area (Å²) in [4.78, 5) is 15.6. The Kier molecular flexibility index (Phi) is 6.61. The van der Waals surface area contributed by atoms with Crippen molar-refractivity contribution in [1.82, 2.24) is 9.47 Å². The molecule has 3 aromatic rings. The number of nitrogens with zero attached hydrogens (tertiary/aromatic N) is 2. The van der Waals surface area contributed by atoms with Crippen LogP contribution in [-0.4, -0.2) is 46.0 Å². The summed E-state index contributed by atoms with van der Waals surface area (Å²) >= 11 is 0. The highest BCUT2D eigenvalue weighted by Gasteiger charge is 2.48. The standard InChI is InChI=1S/C31H40N2O4/c1-20-7-9-22(10-8-20)26-18-31(16-23(34)17-31)12-14-32(26)19-25-24-11-13-33(29(35)37-30(3,4)5)28(24)21(2)15-27(25)36-6/h7-11,13,15,23,26,34H,12,14,16-19H2,1-6H3. The first-order valence-corrected chi connectivity index (χ1v) is 13.4. The molecule has 1 atom stereocenters. The van der Waals surface area contributed by atoms with Crippen LogP contribution in [0.5, 0.6) is 5.75 Å². The molecule has 37 heavy (non-hydrogen) atoms. The number of methoxy groups -OCH3 is 1. The summed E-state index contributed by atoms with van der Waals surface area (Å²) in [5.74, 6) is 0.842. The quantitative estimate of drug-likeness (QED) is 0.438. The van der Waals surface area contributed by atoms with E-state index in [0.717, 1.165) is 66.6 Å². The van der Waals surface area contributed by atoms with Crippen LogP contribution in [0.25, 0.3) is 10.9 Å². The molecule has 1 N–H and O–H groups in total. The van der Waals surface area contributed by atoms with Crippen LogP contribution in [0, 0.1) is 19.3 Å². The Morgan fingerprint density at radius 3 is 2.43 bits per heavy atom. The number of aromatic nitrogens is 1. The Balaban J connectivity index is 1.53. The topological polar surface area (TPSA) is 63.9 Å². The lowest BCUT2D eigenvalue weighted by molar-refractivity contribution is -0.0874. The molecule has 1 unspecified atom stereocenters. The number of piperidine rings is 1. The van der Waals surface area contributed by atoms with E-state index in [2.05, 4.69) is 36.1 Å². The Morgan fingerprint density at radius 2 is 1.81 bits per heavy atom. The maximum atomic E-state index is 13.0. The molecule has 2 aromatic carbocycles. The van der Waals surface area contributed by atoms with Crippen LogP contribution in [0.1, 0.15) is 74.8 Å². The van der Waals surface area contributed by atoms with Crippen molar-refractivity contribution in [3.63, 3.8) is 0 Å². The molecule has 1 saturated heterocycles. The zero-order chi connectivity index (χ0) is 26.5. The molecule has 1 aliphatic carbocycles. The van der Waals surface area contributed by atoms with Gasteiger partial charge in [0.05, 0.1) is 18.7 Å². The number of hydrogen-bond acceptors (Lipinski definition) is 5. The van der Waals surface area contributed by atoms with Gasteiger partial charge in [0.25, 0.3) is 0 Å². The van der Waals surface area contributed by atoms with Crippen molar-refractivity contribution in [3.05, 3.63) is 64.8 Å². The average Bonchev–Trinajstić information content (AvgIpc) is 3.26. The van der Waals surface area contributed by atoms with Crippen molar-refractivity contribution in [1.29, 1.82) is 0 Å². The molecule has 5 rings (SSSR count). The van der Waals surface area contributed by atoms with E-state index in [1.165, 1.54) is 11.1 Å². The first kappa shape index (κ1) is 25.8. The van der Waals surface area contributed by atoms with Gasteiger partial charge in [-0.3, -0.25) is 9.47 Å². The van der Waals surface area contributed by atoms with Crippen LogP contribution < -0.4 is 4.74 Å². The third kappa shape index (κ3) is 5.01. The van der Waals surface area contributed by atoms with Crippen LogP contribution in [0.4, 0.5) is 4.79 Å². The van der Waals surface area contributed by atoms with Crippen molar-refractivity contribution in [2.45, 2.75) is 84.6 Å². The number of carbonyl (C=O) groups excluding carboxylic acids is 1. The normalized spacial score (nSPS) is 24.3. The third-order valence-corrected chi connectivity index (χ3v) is 8.20. The summed E-state index contributed by atoms with van der Waals surface area (Å²) in [6.45, 7) is 11.5. The zero-order valence-corrected chi connectivity index (χ0v) is 23.0. The molecular weight excluding hydrogens is 464 g/mol. The van der Waals surface area contributed by atoms with Gasteiger partial charge in [0, 0.05) is 29.7 Å². The lowest BCUT2D eigenvalue weighted by Gasteiger charge is -2.54. The molecule has 1 aliphatic heterocycles. The number of likely N-dealkylation sites (tertiary alicyclic amines) is 1. The second kappa shape index (κ2) is 9.48. The van der Waals surface area contributed by atoms with Gasteiger partial charge in [-0.1, -0.05) is 29.8 Å². The van der Waals surface area contributed by atoms with Gasteiger partial charge in [0.15, 0.2) is 0 Å². The summed E-state index contributed by atoms with van der Waals surface area (Å²) in [5, 5.41) is 11.1. The van der Waals surface area contributed by atoms with E-state index in [0.29, 0.717) is 0 Å².